The Kier molecular flexibility index (Phi) is 2.56. The molecular weight excluding hydrogens is 170 g/mol. The highest BCUT2D eigenvalue weighted by molar-refractivity contribution is 6.08. The van der Waals surface area contributed by atoms with Crippen LogP contribution < -0.4 is 5.32 Å². The molecule has 74 valence electrons. The number of hydrogen-bond acceptors (Lipinski definition) is 3. The number of amides is 2. The number of ether oxygens (including phenoxy) is 1. The van der Waals surface area contributed by atoms with E-state index in [0.29, 0.717) is 13.0 Å². The highest BCUT2D eigenvalue weighted by Crippen LogP contribution is 2.24. The van der Waals surface area contributed by atoms with Crippen molar-refractivity contribution in [2.45, 2.75) is 18.9 Å². The zero-order chi connectivity index (χ0) is 10.1. The van der Waals surface area contributed by atoms with Crippen LogP contribution in [0.2, 0.25) is 0 Å². The molecule has 1 atom stereocenters. The van der Waals surface area contributed by atoms with E-state index in [2.05, 4.69) is 5.32 Å². The zero-order valence-electron chi connectivity index (χ0n) is 8.18. The van der Waals surface area contributed by atoms with Crippen LogP contribution in [0.15, 0.2) is 0 Å². The minimum atomic E-state index is -0.591. The van der Waals surface area contributed by atoms with E-state index in [1.807, 2.05) is 6.92 Å². The van der Waals surface area contributed by atoms with Crippen LogP contribution in [0.5, 0.6) is 0 Å². The van der Waals surface area contributed by atoms with E-state index in [9.17, 15) is 4.79 Å². The summed E-state index contributed by atoms with van der Waals surface area (Å²) in [5.74, 6) is 0.226. The monoisotopic (exact) mass is 185 g/mol. The first kappa shape index (κ1) is 9.98. The lowest BCUT2D eigenvalue weighted by Crippen LogP contribution is -2.50. The van der Waals surface area contributed by atoms with Crippen molar-refractivity contribution in [2.75, 3.05) is 20.8 Å². The summed E-state index contributed by atoms with van der Waals surface area (Å²) >= 11 is 0. The Morgan fingerprint density at radius 1 is 1.69 bits per heavy atom. The molecular formula is C8H15N3O2. The lowest BCUT2D eigenvalue weighted by Gasteiger charge is -2.32. The third kappa shape index (κ3) is 1.29. The molecule has 0 spiro atoms. The summed E-state index contributed by atoms with van der Waals surface area (Å²) < 4.78 is 5.03. The summed E-state index contributed by atoms with van der Waals surface area (Å²) in [4.78, 5) is 12.8. The average molecular weight is 185 g/mol. The maximum atomic E-state index is 11.3. The summed E-state index contributed by atoms with van der Waals surface area (Å²) in [6.45, 7) is 2.29. The second kappa shape index (κ2) is 3.33. The molecule has 1 fully saturated rings. The molecule has 13 heavy (non-hydrogen) atoms. The standard InChI is InChI=1S/C8H15N3O2/c1-4-8(5-13-3)6(9)10-7(12)11(8)2/h4-5H2,1-3H3,(H2,9,10,12). The average Bonchev–Trinajstić information content (AvgIpc) is 2.31. The van der Waals surface area contributed by atoms with Gasteiger partial charge in [0, 0.05) is 14.2 Å². The molecule has 1 unspecified atom stereocenters. The van der Waals surface area contributed by atoms with Crippen molar-refractivity contribution in [3.05, 3.63) is 0 Å². The Balaban J connectivity index is 2.95. The van der Waals surface area contributed by atoms with E-state index in [1.54, 1.807) is 14.2 Å². The number of nitrogens with one attached hydrogen (secondary N) is 2. The van der Waals surface area contributed by atoms with Gasteiger partial charge in [0.15, 0.2) is 0 Å². The smallest absolute Gasteiger partial charge is 0.323 e. The van der Waals surface area contributed by atoms with Gasteiger partial charge < -0.3 is 9.64 Å². The van der Waals surface area contributed by atoms with Gasteiger partial charge in [0.05, 0.1) is 6.61 Å². The fraction of sp³-hybridized carbons (Fsp3) is 0.750. The SMILES string of the molecule is CCC1(COC)C(=N)NC(=O)N1C. The van der Waals surface area contributed by atoms with Crippen molar-refractivity contribution in [1.29, 1.82) is 5.41 Å². The first-order valence-corrected chi connectivity index (χ1v) is 4.21. The maximum Gasteiger partial charge on any atom is 0.323 e. The molecule has 0 radical (unpaired) electrons. The van der Waals surface area contributed by atoms with E-state index in [4.69, 9.17) is 10.1 Å². The van der Waals surface area contributed by atoms with Crippen molar-refractivity contribution >= 4 is 11.9 Å². The van der Waals surface area contributed by atoms with Gasteiger partial charge in [-0.2, -0.15) is 0 Å². The van der Waals surface area contributed by atoms with Gasteiger partial charge in [-0.1, -0.05) is 6.92 Å². The fourth-order valence-electron chi connectivity index (χ4n) is 1.59. The third-order valence-corrected chi connectivity index (χ3v) is 2.61. The van der Waals surface area contributed by atoms with Crippen molar-refractivity contribution < 1.29 is 9.53 Å². The van der Waals surface area contributed by atoms with Gasteiger partial charge in [-0.05, 0) is 6.42 Å². The molecule has 0 aromatic rings. The molecule has 5 nitrogen and oxygen atoms in total. The molecule has 5 heteroatoms. The molecule has 0 aromatic carbocycles. The second-order valence-corrected chi connectivity index (χ2v) is 3.18. The molecule has 1 saturated heterocycles. The van der Waals surface area contributed by atoms with E-state index in [1.165, 1.54) is 4.90 Å². The number of methoxy groups -OCH3 is 1. The number of carbonyl (C=O) groups excluding carboxylic acids is 1. The molecule has 2 amide bonds. The zero-order valence-corrected chi connectivity index (χ0v) is 8.18. The largest absolute Gasteiger partial charge is 0.382 e. The summed E-state index contributed by atoms with van der Waals surface area (Å²) in [6.07, 6.45) is 0.676. The number of carbonyl (C=O) groups is 1. The van der Waals surface area contributed by atoms with Crippen LogP contribution in [0.1, 0.15) is 13.3 Å². The minimum Gasteiger partial charge on any atom is -0.382 e. The molecule has 0 aromatic heterocycles. The maximum absolute atomic E-state index is 11.3. The number of rotatable bonds is 3. The highest BCUT2D eigenvalue weighted by atomic mass is 16.5. The van der Waals surface area contributed by atoms with Crippen LogP contribution in [0, 0.1) is 5.41 Å². The van der Waals surface area contributed by atoms with Gasteiger partial charge in [0.1, 0.15) is 11.4 Å². The molecule has 0 saturated carbocycles. The quantitative estimate of drug-likeness (QED) is 0.669. The molecule has 1 rings (SSSR count). The van der Waals surface area contributed by atoms with Crippen LogP contribution in [0.4, 0.5) is 4.79 Å². The molecule has 1 aliphatic rings. The van der Waals surface area contributed by atoms with Crippen LogP contribution in [0.3, 0.4) is 0 Å². The van der Waals surface area contributed by atoms with Crippen LogP contribution in [-0.4, -0.2) is 43.1 Å². The number of amidine groups is 1. The van der Waals surface area contributed by atoms with Crippen molar-refractivity contribution in [2.24, 2.45) is 0 Å². The van der Waals surface area contributed by atoms with Crippen LogP contribution >= 0.6 is 0 Å². The Morgan fingerprint density at radius 2 is 2.31 bits per heavy atom. The van der Waals surface area contributed by atoms with E-state index >= 15 is 0 Å². The summed E-state index contributed by atoms with van der Waals surface area (Å²) in [5.41, 5.74) is -0.591. The number of hydrogen-bond donors (Lipinski definition) is 2. The Bertz CT molecular complexity index is 242. The highest BCUT2D eigenvalue weighted by Gasteiger charge is 2.46. The predicted octanol–water partition coefficient (Wildman–Crippen LogP) is 0.414. The summed E-state index contributed by atoms with van der Waals surface area (Å²) in [7, 11) is 3.25. The van der Waals surface area contributed by atoms with Gasteiger partial charge in [-0.25, -0.2) is 4.79 Å². The number of urea groups is 1. The number of nitrogens with zero attached hydrogens (tertiary/aromatic N) is 1. The van der Waals surface area contributed by atoms with Gasteiger partial charge in [0.25, 0.3) is 0 Å². The van der Waals surface area contributed by atoms with E-state index < -0.39 is 5.54 Å². The molecule has 1 aliphatic heterocycles. The Labute approximate surface area is 77.6 Å². The Morgan fingerprint density at radius 3 is 2.62 bits per heavy atom. The van der Waals surface area contributed by atoms with Crippen LogP contribution in [-0.2, 0) is 4.74 Å². The normalized spacial score (nSPS) is 28.1. The van der Waals surface area contributed by atoms with E-state index in [-0.39, 0.29) is 11.9 Å². The summed E-state index contributed by atoms with van der Waals surface area (Å²) in [6, 6.07) is -0.232. The van der Waals surface area contributed by atoms with E-state index in [0.717, 1.165) is 0 Å². The molecule has 2 N–H and O–H groups in total. The lowest BCUT2D eigenvalue weighted by molar-refractivity contribution is 0.0950. The van der Waals surface area contributed by atoms with Gasteiger partial charge in [0.2, 0.25) is 0 Å². The van der Waals surface area contributed by atoms with Gasteiger partial charge >= 0.3 is 6.03 Å². The van der Waals surface area contributed by atoms with Crippen molar-refractivity contribution in [1.82, 2.24) is 10.2 Å². The fourth-order valence-corrected chi connectivity index (χ4v) is 1.59. The first-order valence-electron chi connectivity index (χ1n) is 4.21. The molecule has 0 aliphatic carbocycles. The Hall–Kier alpha value is -1.10. The molecule has 0 bridgehead atoms. The number of likely N-dealkylation sites (N-methyl/N-ethyl adjacent to an activating group) is 1. The third-order valence-electron chi connectivity index (χ3n) is 2.61. The van der Waals surface area contributed by atoms with Crippen molar-refractivity contribution in [3.8, 4) is 0 Å². The van der Waals surface area contributed by atoms with Crippen molar-refractivity contribution in [3.63, 3.8) is 0 Å². The first-order chi connectivity index (χ1) is 6.08. The molecule has 1 heterocycles. The minimum absolute atomic E-state index is 0.226. The van der Waals surface area contributed by atoms with Gasteiger partial charge in [-0.3, -0.25) is 10.7 Å². The van der Waals surface area contributed by atoms with Gasteiger partial charge in [-0.15, -0.1) is 0 Å². The summed E-state index contributed by atoms with van der Waals surface area (Å²) in [5, 5.41) is 10.1. The predicted molar refractivity (Wildman–Crippen MR) is 48.9 cm³/mol. The second-order valence-electron chi connectivity index (χ2n) is 3.18. The van der Waals surface area contributed by atoms with Crippen LogP contribution in [0.25, 0.3) is 0 Å². The topological polar surface area (TPSA) is 65.4 Å². The lowest BCUT2D eigenvalue weighted by atomic mass is 9.96.